The van der Waals surface area contributed by atoms with Crippen LogP contribution in [0.2, 0.25) is 0 Å². The molecule has 2 nitrogen and oxygen atoms in total. The number of nitrogens with zero attached hydrogens (tertiary/aromatic N) is 1. The highest BCUT2D eigenvalue weighted by Crippen LogP contribution is 2.21. The van der Waals surface area contributed by atoms with Crippen LogP contribution in [-0.2, 0) is 13.5 Å². The molecule has 2 aromatic rings. The first-order valence-electron chi connectivity index (χ1n) is 4.66. The van der Waals surface area contributed by atoms with Gasteiger partial charge in [-0.15, -0.1) is 0 Å². The molecule has 0 aliphatic carbocycles. The minimum Gasteiger partial charge on any atom is -0.350 e. The Morgan fingerprint density at radius 1 is 1.43 bits per heavy atom. The number of fused-ring (bicyclic) bond motifs is 1. The summed E-state index contributed by atoms with van der Waals surface area (Å²) >= 11 is 0. The third kappa shape index (κ3) is 1.40. The van der Waals surface area contributed by atoms with Crippen molar-refractivity contribution in [2.75, 3.05) is 6.54 Å². The number of hydrogen-bond acceptors (Lipinski definition) is 1. The number of aryl methyl sites for hydroxylation is 1. The van der Waals surface area contributed by atoms with E-state index in [0.717, 1.165) is 17.3 Å². The van der Waals surface area contributed by atoms with Crippen molar-refractivity contribution < 1.29 is 4.39 Å². The molecule has 1 aromatic heterocycles. The van der Waals surface area contributed by atoms with E-state index in [9.17, 15) is 4.39 Å². The van der Waals surface area contributed by atoms with Gasteiger partial charge in [-0.1, -0.05) is 0 Å². The van der Waals surface area contributed by atoms with Crippen molar-refractivity contribution in [1.29, 1.82) is 0 Å². The molecule has 0 saturated heterocycles. The van der Waals surface area contributed by atoms with Gasteiger partial charge in [0.1, 0.15) is 5.82 Å². The molecular weight excluding hydrogens is 179 g/mol. The maximum atomic E-state index is 13.0. The Bertz CT molecular complexity index is 460. The zero-order valence-corrected chi connectivity index (χ0v) is 8.13. The smallest absolute Gasteiger partial charge is 0.125 e. The predicted octanol–water partition coefficient (Wildman–Crippen LogP) is 1.82. The van der Waals surface area contributed by atoms with E-state index in [1.165, 1.54) is 11.6 Å². The normalized spacial score (nSPS) is 11.1. The fourth-order valence-electron chi connectivity index (χ4n) is 1.80. The molecule has 1 aromatic carbocycles. The lowest BCUT2D eigenvalue weighted by atomic mass is 10.1. The highest BCUT2D eigenvalue weighted by Gasteiger charge is 2.06. The van der Waals surface area contributed by atoms with Gasteiger partial charge >= 0.3 is 0 Å². The molecule has 0 unspecified atom stereocenters. The summed E-state index contributed by atoms with van der Waals surface area (Å²) in [7, 11) is 1.92. The number of rotatable bonds is 2. The summed E-state index contributed by atoms with van der Waals surface area (Å²) in [4.78, 5) is 0. The molecule has 0 radical (unpaired) electrons. The average molecular weight is 192 g/mol. The van der Waals surface area contributed by atoms with Crippen LogP contribution in [0, 0.1) is 5.82 Å². The van der Waals surface area contributed by atoms with Gasteiger partial charge < -0.3 is 10.3 Å². The SMILES string of the molecule is Cn1cc(CCN)c2ccc(F)cc21. The first-order valence-corrected chi connectivity index (χ1v) is 4.66. The number of halogens is 1. The second-order valence-electron chi connectivity index (χ2n) is 3.47. The van der Waals surface area contributed by atoms with E-state index in [-0.39, 0.29) is 5.82 Å². The van der Waals surface area contributed by atoms with Gasteiger partial charge in [0.05, 0.1) is 5.52 Å². The summed E-state index contributed by atoms with van der Waals surface area (Å²) in [5, 5.41) is 1.10. The van der Waals surface area contributed by atoms with Gasteiger partial charge in [-0.25, -0.2) is 4.39 Å². The van der Waals surface area contributed by atoms with Gasteiger partial charge in [0, 0.05) is 18.6 Å². The number of nitrogens with two attached hydrogens (primary N) is 1. The van der Waals surface area contributed by atoms with E-state index >= 15 is 0 Å². The molecule has 74 valence electrons. The third-order valence-electron chi connectivity index (χ3n) is 2.45. The number of benzene rings is 1. The second kappa shape index (κ2) is 3.42. The summed E-state index contributed by atoms with van der Waals surface area (Å²) in [6.07, 6.45) is 2.85. The molecule has 0 amide bonds. The van der Waals surface area contributed by atoms with Crippen molar-refractivity contribution in [2.24, 2.45) is 12.8 Å². The monoisotopic (exact) mass is 192 g/mol. The molecule has 0 bridgehead atoms. The highest BCUT2D eigenvalue weighted by molar-refractivity contribution is 5.84. The molecule has 14 heavy (non-hydrogen) atoms. The Labute approximate surface area is 82.1 Å². The standard InChI is InChI=1S/C11H13FN2/c1-14-7-8(4-5-13)10-3-2-9(12)6-11(10)14/h2-3,6-7H,4-5,13H2,1H3. The van der Waals surface area contributed by atoms with Crippen LogP contribution in [-0.4, -0.2) is 11.1 Å². The van der Waals surface area contributed by atoms with Crippen LogP contribution in [0.4, 0.5) is 4.39 Å². The number of aromatic nitrogens is 1. The van der Waals surface area contributed by atoms with E-state index in [1.54, 1.807) is 6.07 Å². The summed E-state index contributed by atoms with van der Waals surface area (Å²) in [6, 6.07) is 4.85. The van der Waals surface area contributed by atoms with Crippen LogP contribution >= 0.6 is 0 Å². The van der Waals surface area contributed by atoms with Crippen LogP contribution in [0.5, 0.6) is 0 Å². The maximum absolute atomic E-state index is 13.0. The van der Waals surface area contributed by atoms with Crippen molar-refractivity contribution >= 4 is 10.9 Å². The Morgan fingerprint density at radius 3 is 2.93 bits per heavy atom. The van der Waals surface area contributed by atoms with Crippen LogP contribution in [0.25, 0.3) is 10.9 Å². The highest BCUT2D eigenvalue weighted by atomic mass is 19.1. The van der Waals surface area contributed by atoms with Crippen molar-refractivity contribution in [1.82, 2.24) is 4.57 Å². The lowest BCUT2D eigenvalue weighted by Crippen LogP contribution is -2.01. The Kier molecular flexibility index (Phi) is 2.25. The Morgan fingerprint density at radius 2 is 2.21 bits per heavy atom. The Hall–Kier alpha value is -1.35. The minimum atomic E-state index is -0.196. The zero-order valence-electron chi connectivity index (χ0n) is 8.13. The van der Waals surface area contributed by atoms with Crippen LogP contribution < -0.4 is 5.73 Å². The molecule has 0 spiro atoms. The van der Waals surface area contributed by atoms with E-state index in [0.29, 0.717) is 6.54 Å². The lowest BCUT2D eigenvalue weighted by molar-refractivity contribution is 0.629. The van der Waals surface area contributed by atoms with Crippen LogP contribution in [0.15, 0.2) is 24.4 Å². The molecule has 0 saturated carbocycles. The van der Waals surface area contributed by atoms with Crippen molar-refractivity contribution in [3.05, 3.63) is 35.8 Å². The molecule has 0 fully saturated rings. The molecule has 0 aliphatic heterocycles. The largest absolute Gasteiger partial charge is 0.350 e. The second-order valence-corrected chi connectivity index (χ2v) is 3.47. The average Bonchev–Trinajstić information content (AvgIpc) is 2.44. The van der Waals surface area contributed by atoms with E-state index in [2.05, 4.69) is 0 Å². The lowest BCUT2D eigenvalue weighted by Gasteiger charge is -1.96. The van der Waals surface area contributed by atoms with Crippen LogP contribution in [0.1, 0.15) is 5.56 Å². The van der Waals surface area contributed by atoms with Gasteiger partial charge in [-0.3, -0.25) is 0 Å². The first kappa shape index (κ1) is 9.21. The first-order chi connectivity index (χ1) is 6.72. The third-order valence-corrected chi connectivity index (χ3v) is 2.45. The summed E-state index contributed by atoms with van der Waals surface area (Å²) in [5.74, 6) is -0.196. The zero-order chi connectivity index (χ0) is 10.1. The van der Waals surface area contributed by atoms with Gasteiger partial charge in [-0.2, -0.15) is 0 Å². The fourth-order valence-corrected chi connectivity index (χ4v) is 1.80. The molecular formula is C11H13FN2. The van der Waals surface area contributed by atoms with E-state index < -0.39 is 0 Å². The summed E-state index contributed by atoms with van der Waals surface area (Å²) in [6.45, 7) is 0.622. The van der Waals surface area contributed by atoms with Crippen molar-refractivity contribution in [2.45, 2.75) is 6.42 Å². The summed E-state index contributed by atoms with van der Waals surface area (Å²) in [5.41, 5.74) is 7.62. The van der Waals surface area contributed by atoms with Gasteiger partial charge in [0.15, 0.2) is 0 Å². The topological polar surface area (TPSA) is 30.9 Å². The quantitative estimate of drug-likeness (QED) is 0.773. The fraction of sp³-hybridized carbons (Fsp3) is 0.273. The van der Waals surface area contributed by atoms with Gasteiger partial charge in [0.25, 0.3) is 0 Å². The molecule has 0 atom stereocenters. The predicted molar refractivity (Wildman–Crippen MR) is 55.6 cm³/mol. The molecule has 2 N–H and O–H groups in total. The minimum absolute atomic E-state index is 0.196. The molecule has 3 heteroatoms. The van der Waals surface area contributed by atoms with Gasteiger partial charge in [-0.05, 0) is 36.7 Å². The molecule has 0 aliphatic rings. The van der Waals surface area contributed by atoms with Crippen molar-refractivity contribution in [3.63, 3.8) is 0 Å². The van der Waals surface area contributed by atoms with E-state index in [4.69, 9.17) is 5.73 Å². The number of hydrogen-bond donors (Lipinski definition) is 1. The van der Waals surface area contributed by atoms with Crippen LogP contribution in [0.3, 0.4) is 0 Å². The maximum Gasteiger partial charge on any atom is 0.125 e. The van der Waals surface area contributed by atoms with E-state index in [1.807, 2.05) is 23.9 Å². The van der Waals surface area contributed by atoms with Gasteiger partial charge in [0.2, 0.25) is 0 Å². The molecule has 2 rings (SSSR count). The molecule has 1 heterocycles. The summed E-state index contributed by atoms with van der Waals surface area (Å²) < 4.78 is 14.9. The Balaban J connectivity index is 2.65. The van der Waals surface area contributed by atoms with Crippen molar-refractivity contribution in [3.8, 4) is 0 Å².